The first-order chi connectivity index (χ1) is 11.2. The molecule has 4 heteroatoms. The van der Waals surface area contributed by atoms with Gasteiger partial charge in [-0.3, -0.25) is 0 Å². The van der Waals surface area contributed by atoms with Crippen LogP contribution >= 0.6 is 0 Å². The lowest BCUT2D eigenvalue weighted by molar-refractivity contribution is 0.135. The smallest absolute Gasteiger partial charge is 0.322 e. The van der Waals surface area contributed by atoms with Gasteiger partial charge in [-0.1, -0.05) is 49.4 Å². The largest absolute Gasteiger partial charge is 0.394 e. The molecule has 0 aromatic heterocycles. The lowest BCUT2D eigenvalue weighted by Crippen LogP contribution is -2.44. The van der Waals surface area contributed by atoms with Crippen LogP contribution in [0.25, 0.3) is 0 Å². The summed E-state index contributed by atoms with van der Waals surface area (Å²) in [5.41, 5.74) is 4.21. The summed E-state index contributed by atoms with van der Waals surface area (Å²) in [6.45, 7) is 2.61. The Morgan fingerprint density at radius 3 is 2.74 bits per heavy atom. The highest BCUT2D eigenvalue weighted by atomic mass is 16.3. The van der Waals surface area contributed by atoms with Crippen molar-refractivity contribution in [2.75, 3.05) is 18.5 Å². The Kier molecular flexibility index (Phi) is 4.63. The van der Waals surface area contributed by atoms with Crippen molar-refractivity contribution in [2.45, 2.75) is 25.8 Å². The lowest BCUT2D eigenvalue weighted by atomic mass is 9.93. The maximum atomic E-state index is 12.7. The molecular weight excluding hydrogens is 288 g/mol. The van der Waals surface area contributed by atoms with Gasteiger partial charge in [0.1, 0.15) is 0 Å². The molecule has 2 aromatic rings. The fourth-order valence-corrected chi connectivity index (χ4v) is 3.23. The van der Waals surface area contributed by atoms with E-state index in [1.54, 1.807) is 4.90 Å². The van der Waals surface area contributed by atoms with Crippen molar-refractivity contribution in [1.29, 1.82) is 0 Å². The zero-order valence-electron chi connectivity index (χ0n) is 13.3. The molecule has 0 bridgehead atoms. The molecule has 120 valence electrons. The van der Waals surface area contributed by atoms with Crippen LogP contribution in [0.2, 0.25) is 0 Å². The molecule has 3 rings (SSSR count). The van der Waals surface area contributed by atoms with Crippen LogP contribution in [0.4, 0.5) is 10.5 Å². The van der Waals surface area contributed by atoms with Gasteiger partial charge in [-0.15, -0.1) is 0 Å². The minimum atomic E-state index is -0.284. The molecule has 0 fully saturated rings. The molecule has 0 saturated heterocycles. The van der Waals surface area contributed by atoms with E-state index < -0.39 is 0 Å². The summed E-state index contributed by atoms with van der Waals surface area (Å²) in [5, 5.41) is 12.8. The zero-order valence-corrected chi connectivity index (χ0v) is 13.3. The van der Waals surface area contributed by atoms with Crippen molar-refractivity contribution in [1.82, 2.24) is 4.90 Å². The molecule has 1 aliphatic heterocycles. The number of hydrogen-bond donors (Lipinski definition) is 2. The number of para-hydroxylation sites is 1. The predicted octanol–water partition coefficient (Wildman–Crippen LogP) is 3.37. The molecule has 1 heterocycles. The van der Waals surface area contributed by atoms with Gasteiger partial charge in [0, 0.05) is 12.2 Å². The van der Waals surface area contributed by atoms with E-state index in [0.717, 1.165) is 29.7 Å². The number of hydrogen-bond acceptors (Lipinski definition) is 2. The Balaban J connectivity index is 1.82. The highest BCUT2D eigenvalue weighted by Crippen LogP contribution is 2.30. The van der Waals surface area contributed by atoms with Crippen molar-refractivity contribution in [2.24, 2.45) is 0 Å². The Hall–Kier alpha value is -2.33. The third-order valence-corrected chi connectivity index (χ3v) is 4.49. The Bertz CT molecular complexity index is 699. The zero-order chi connectivity index (χ0) is 16.2. The first-order valence-corrected chi connectivity index (χ1v) is 8.08. The van der Waals surface area contributed by atoms with E-state index in [9.17, 15) is 9.90 Å². The number of nitrogens with zero attached hydrogens (tertiary/aromatic N) is 1. The van der Waals surface area contributed by atoms with E-state index in [4.69, 9.17) is 0 Å². The maximum absolute atomic E-state index is 12.7. The minimum absolute atomic E-state index is 0.0696. The number of aliphatic hydroxyl groups excluding tert-OH is 1. The molecule has 1 atom stereocenters. The molecule has 2 N–H and O–H groups in total. The quantitative estimate of drug-likeness (QED) is 0.913. The van der Waals surface area contributed by atoms with Gasteiger partial charge in [-0.2, -0.15) is 0 Å². The fraction of sp³-hybridized carbons (Fsp3) is 0.316. The molecular formula is C19H22N2O2. The average Bonchev–Trinajstić information content (AvgIpc) is 2.61. The molecule has 1 unspecified atom stereocenters. The van der Waals surface area contributed by atoms with Crippen LogP contribution in [-0.2, 0) is 12.8 Å². The van der Waals surface area contributed by atoms with Crippen molar-refractivity contribution in [3.63, 3.8) is 0 Å². The molecule has 2 amide bonds. The fourth-order valence-electron chi connectivity index (χ4n) is 3.23. The van der Waals surface area contributed by atoms with Crippen LogP contribution in [0.1, 0.15) is 29.7 Å². The van der Waals surface area contributed by atoms with E-state index in [2.05, 4.69) is 18.3 Å². The number of aryl methyl sites for hydroxylation is 1. The normalized spacial score (nSPS) is 16.8. The van der Waals surface area contributed by atoms with Gasteiger partial charge >= 0.3 is 6.03 Å². The summed E-state index contributed by atoms with van der Waals surface area (Å²) in [4.78, 5) is 14.4. The van der Waals surface area contributed by atoms with Gasteiger partial charge in [-0.05, 0) is 35.6 Å². The topological polar surface area (TPSA) is 52.6 Å². The van der Waals surface area contributed by atoms with Gasteiger partial charge in [-0.25, -0.2) is 4.79 Å². The number of amides is 2. The molecule has 0 saturated carbocycles. The predicted molar refractivity (Wildman–Crippen MR) is 91.5 cm³/mol. The Morgan fingerprint density at radius 2 is 1.96 bits per heavy atom. The summed E-state index contributed by atoms with van der Waals surface area (Å²) in [6.07, 6.45) is 1.68. The summed E-state index contributed by atoms with van der Waals surface area (Å²) in [7, 11) is 0. The SMILES string of the molecule is CCc1ccccc1NC(=O)N1CCc2ccccc2C1CO. The van der Waals surface area contributed by atoms with Crippen molar-refractivity contribution in [3.8, 4) is 0 Å². The van der Waals surface area contributed by atoms with Crippen molar-refractivity contribution in [3.05, 3.63) is 65.2 Å². The van der Waals surface area contributed by atoms with E-state index in [0.29, 0.717) is 6.54 Å². The third kappa shape index (κ3) is 3.08. The van der Waals surface area contributed by atoms with Gasteiger partial charge in [0.15, 0.2) is 0 Å². The number of nitrogens with one attached hydrogen (secondary N) is 1. The molecule has 0 spiro atoms. The van der Waals surface area contributed by atoms with E-state index >= 15 is 0 Å². The second-order valence-electron chi connectivity index (χ2n) is 5.78. The average molecular weight is 310 g/mol. The standard InChI is InChI=1S/C19H22N2O2/c1-2-14-7-4-6-10-17(14)20-19(23)21-12-11-15-8-3-5-9-16(15)18(21)13-22/h3-10,18,22H,2,11-13H2,1H3,(H,20,23). The third-order valence-electron chi connectivity index (χ3n) is 4.49. The minimum Gasteiger partial charge on any atom is -0.394 e. The number of urea groups is 1. The van der Waals surface area contributed by atoms with Crippen LogP contribution in [0.5, 0.6) is 0 Å². The van der Waals surface area contributed by atoms with Crippen LogP contribution in [0, 0.1) is 0 Å². The summed E-state index contributed by atoms with van der Waals surface area (Å²) in [5.74, 6) is 0. The van der Waals surface area contributed by atoms with Gasteiger partial charge in [0.05, 0.1) is 12.6 Å². The van der Waals surface area contributed by atoms with Crippen LogP contribution in [0.15, 0.2) is 48.5 Å². The van der Waals surface area contributed by atoms with Crippen LogP contribution in [0.3, 0.4) is 0 Å². The summed E-state index contributed by atoms with van der Waals surface area (Å²) in [6, 6.07) is 15.4. The monoisotopic (exact) mass is 310 g/mol. The van der Waals surface area contributed by atoms with Crippen LogP contribution in [-0.4, -0.2) is 29.2 Å². The molecule has 4 nitrogen and oxygen atoms in total. The maximum Gasteiger partial charge on any atom is 0.322 e. The molecule has 2 aromatic carbocycles. The number of carbonyl (C=O) groups excluding carboxylic acids is 1. The number of carbonyl (C=O) groups is 1. The molecule has 0 radical (unpaired) electrons. The highest BCUT2D eigenvalue weighted by molar-refractivity contribution is 5.90. The number of benzene rings is 2. The van der Waals surface area contributed by atoms with Gasteiger partial charge in [0.25, 0.3) is 0 Å². The number of anilines is 1. The van der Waals surface area contributed by atoms with Crippen LogP contribution < -0.4 is 5.32 Å². The number of fused-ring (bicyclic) bond motifs is 1. The Morgan fingerprint density at radius 1 is 1.22 bits per heavy atom. The highest BCUT2D eigenvalue weighted by Gasteiger charge is 2.30. The second kappa shape index (κ2) is 6.84. The second-order valence-corrected chi connectivity index (χ2v) is 5.78. The van der Waals surface area contributed by atoms with Crippen molar-refractivity contribution < 1.29 is 9.90 Å². The Labute approximate surface area is 136 Å². The lowest BCUT2D eigenvalue weighted by Gasteiger charge is -2.36. The first-order valence-electron chi connectivity index (χ1n) is 8.08. The summed E-state index contributed by atoms with van der Waals surface area (Å²) < 4.78 is 0. The molecule has 1 aliphatic rings. The van der Waals surface area contributed by atoms with Crippen molar-refractivity contribution >= 4 is 11.7 Å². The first kappa shape index (κ1) is 15.6. The molecule has 23 heavy (non-hydrogen) atoms. The summed E-state index contributed by atoms with van der Waals surface area (Å²) >= 11 is 0. The van der Waals surface area contributed by atoms with Gasteiger partial charge < -0.3 is 15.3 Å². The van der Waals surface area contributed by atoms with E-state index in [1.165, 1.54) is 5.56 Å². The number of rotatable bonds is 3. The number of aliphatic hydroxyl groups is 1. The van der Waals surface area contributed by atoms with Gasteiger partial charge in [0.2, 0.25) is 0 Å². The molecule has 0 aliphatic carbocycles. The van der Waals surface area contributed by atoms with E-state index in [1.807, 2.05) is 42.5 Å². The van der Waals surface area contributed by atoms with E-state index in [-0.39, 0.29) is 18.7 Å².